The van der Waals surface area contributed by atoms with Gasteiger partial charge in [-0.15, -0.1) is 12.4 Å². The lowest BCUT2D eigenvalue weighted by Crippen LogP contribution is -2.38. The Morgan fingerprint density at radius 1 is 1.45 bits per heavy atom. The van der Waals surface area contributed by atoms with Crippen LogP contribution in [0, 0.1) is 5.92 Å². The first-order chi connectivity index (χ1) is 9.10. The van der Waals surface area contributed by atoms with Crippen molar-refractivity contribution in [3.05, 3.63) is 33.8 Å². The van der Waals surface area contributed by atoms with Crippen molar-refractivity contribution in [1.82, 2.24) is 10.2 Å². The summed E-state index contributed by atoms with van der Waals surface area (Å²) in [6.45, 7) is 2.49. The number of amides is 2. The normalized spacial score (nSPS) is 17.8. The fraction of sp³-hybridized carbons (Fsp3) is 0.462. The zero-order valence-electron chi connectivity index (χ0n) is 10.9. The number of nitrogens with one attached hydrogen (secondary N) is 1. The van der Waals surface area contributed by atoms with E-state index in [0.717, 1.165) is 25.1 Å². The van der Waals surface area contributed by atoms with Crippen LogP contribution in [0.4, 0.5) is 4.79 Å². The van der Waals surface area contributed by atoms with Crippen molar-refractivity contribution < 1.29 is 4.79 Å². The number of carbonyl (C=O) groups excluding carboxylic acids is 1. The molecule has 1 aliphatic heterocycles. The highest BCUT2D eigenvalue weighted by atomic mass is 35.5. The van der Waals surface area contributed by atoms with E-state index in [1.54, 1.807) is 23.1 Å². The molecule has 1 aromatic rings. The van der Waals surface area contributed by atoms with Crippen LogP contribution < -0.4 is 11.1 Å². The van der Waals surface area contributed by atoms with Gasteiger partial charge in [0, 0.05) is 29.7 Å². The average molecular weight is 339 g/mol. The highest BCUT2D eigenvalue weighted by Crippen LogP contribution is 2.20. The molecule has 1 atom stereocenters. The third-order valence-electron chi connectivity index (χ3n) is 3.34. The van der Waals surface area contributed by atoms with E-state index in [1.165, 1.54) is 0 Å². The molecule has 20 heavy (non-hydrogen) atoms. The van der Waals surface area contributed by atoms with Crippen molar-refractivity contribution >= 4 is 41.6 Å². The topological polar surface area (TPSA) is 58.4 Å². The van der Waals surface area contributed by atoms with Crippen LogP contribution in [0.1, 0.15) is 12.0 Å². The summed E-state index contributed by atoms with van der Waals surface area (Å²) in [6, 6.07) is 5.14. The lowest BCUT2D eigenvalue weighted by Gasteiger charge is -2.17. The average Bonchev–Trinajstić information content (AvgIpc) is 2.88. The minimum atomic E-state index is -0.0769. The molecule has 1 heterocycles. The number of hydrogen-bond acceptors (Lipinski definition) is 2. The Morgan fingerprint density at radius 2 is 2.20 bits per heavy atom. The Hall–Kier alpha value is -0.680. The van der Waals surface area contributed by atoms with Crippen LogP contribution in [0.25, 0.3) is 0 Å². The molecule has 1 aliphatic rings. The van der Waals surface area contributed by atoms with Crippen molar-refractivity contribution in [2.24, 2.45) is 11.7 Å². The molecule has 4 nitrogen and oxygen atoms in total. The van der Waals surface area contributed by atoms with E-state index in [1.807, 2.05) is 0 Å². The third-order valence-corrected chi connectivity index (χ3v) is 3.95. The molecule has 1 unspecified atom stereocenters. The Balaban J connectivity index is 0.00000200. The summed E-state index contributed by atoms with van der Waals surface area (Å²) in [5.74, 6) is 0.417. The maximum Gasteiger partial charge on any atom is 0.317 e. The van der Waals surface area contributed by atoms with Crippen LogP contribution in [0.15, 0.2) is 18.2 Å². The van der Waals surface area contributed by atoms with Crippen LogP contribution >= 0.6 is 35.6 Å². The van der Waals surface area contributed by atoms with Gasteiger partial charge in [-0.2, -0.15) is 0 Å². The fourth-order valence-corrected chi connectivity index (χ4v) is 2.55. The van der Waals surface area contributed by atoms with Gasteiger partial charge in [0.05, 0.1) is 0 Å². The molecule has 2 amide bonds. The number of urea groups is 1. The van der Waals surface area contributed by atoms with Crippen LogP contribution in [0.5, 0.6) is 0 Å². The van der Waals surface area contributed by atoms with Crippen LogP contribution in [-0.4, -0.2) is 30.6 Å². The lowest BCUT2D eigenvalue weighted by molar-refractivity contribution is 0.207. The number of benzene rings is 1. The molecule has 3 N–H and O–H groups in total. The van der Waals surface area contributed by atoms with Gasteiger partial charge in [0.15, 0.2) is 0 Å². The number of halogens is 3. The Morgan fingerprint density at radius 3 is 2.85 bits per heavy atom. The highest BCUT2D eigenvalue weighted by Gasteiger charge is 2.24. The van der Waals surface area contributed by atoms with Gasteiger partial charge in [0.25, 0.3) is 0 Å². The maximum absolute atomic E-state index is 12.0. The molecule has 0 aliphatic carbocycles. The molecule has 1 saturated heterocycles. The molecule has 1 aromatic carbocycles. The van der Waals surface area contributed by atoms with Crippen LogP contribution in [0.2, 0.25) is 10.0 Å². The number of rotatable bonds is 3. The molecular weight excluding hydrogens is 321 g/mol. The monoisotopic (exact) mass is 337 g/mol. The van der Waals surface area contributed by atoms with E-state index in [-0.39, 0.29) is 18.4 Å². The zero-order chi connectivity index (χ0) is 13.8. The highest BCUT2D eigenvalue weighted by molar-refractivity contribution is 6.33. The third kappa shape index (κ3) is 4.42. The van der Waals surface area contributed by atoms with Crippen LogP contribution in [-0.2, 0) is 6.54 Å². The summed E-state index contributed by atoms with van der Waals surface area (Å²) in [7, 11) is 0. The number of likely N-dealkylation sites (tertiary alicyclic amines) is 1. The van der Waals surface area contributed by atoms with Gasteiger partial charge in [0.1, 0.15) is 0 Å². The minimum absolute atomic E-state index is 0. The summed E-state index contributed by atoms with van der Waals surface area (Å²) >= 11 is 11.9. The van der Waals surface area contributed by atoms with E-state index in [2.05, 4.69) is 5.32 Å². The first-order valence-corrected chi connectivity index (χ1v) is 7.02. The first kappa shape index (κ1) is 17.4. The smallest absolute Gasteiger partial charge is 0.317 e. The van der Waals surface area contributed by atoms with Crippen molar-refractivity contribution in [3.8, 4) is 0 Å². The Bertz CT molecular complexity index is 470. The van der Waals surface area contributed by atoms with Crippen molar-refractivity contribution in [2.75, 3.05) is 19.6 Å². The summed E-state index contributed by atoms with van der Waals surface area (Å²) in [5.41, 5.74) is 6.42. The van der Waals surface area contributed by atoms with Crippen molar-refractivity contribution in [3.63, 3.8) is 0 Å². The van der Waals surface area contributed by atoms with Crippen molar-refractivity contribution in [2.45, 2.75) is 13.0 Å². The SMILES string of the molecule is Cl.NCC1CCN(C(=O)NCc2cc(Cl)ccc2Cl)C1. The number of carbonyl (C=O) groups is 1. The Labute approximate surface area is 135 Å². The molecule has 112 valence electrons. The van der Waals surface area contributed by atoms with E-state index in [9.17, 15) is 4.79 Å². The number of nitrogens with two attached hydrogens (primary N) is 1. The second kappa shape index (κ2) is 7.93. The van der Waals surface area contributed by atoms with Gasteiger partial charge >= 0.3 is 6.03 Å². The van der Waals surface area contributed by atoms with E-state index in [4.69, 9.17) is 28.9 Å². The quantitative estimate of drug-likeness (QED) is 0.890. The second-order valence-electron chi connectivity index (χ2n) is 4.73. The van der Waals surface area contributed by atoms with E-state index < -0.39 is 0 Å². The van der Waals surface area contributed by atoms with Crippen LogP contribution in [0.3, 0.4) is 0 Å². The van der Waals surface area contributed by atoms with E-state index >= 15 is 0 Å². The lowest BCUT2D eigenvalue weighted by atomic mass is 10.1. The van der Waals surface area contributed by atoms with Gasteiger partial charge in [-0.25, -0.2) is 4.79 Å². The fourth-order valence-electron chi connectivity index (χ4n) is 2.17. The molecule has 0 bridgehead atoms. The Kier molecular flexibility index (Phi) is 6.89. The summed E-state index contributed by atoms with van der Waals surface area (Å²) < 4.78 is 0. The second-order valence-corrected chi connectivity index (χ2v) is 5.57. The van der Waals surface area contributed by atoms with Gasteiger partial charge in [-0.3, -0.25) is 0 Å². The molecule has 1 fully saturated rings. The molecule has 0 spiro atoms. The zero-order valence-corrected chi connectivity index (χ0v) is 13.3. The van der Waals surface area contributed by atoms with Gasteiger partial charge in [-0.05, 0) is 42.6 Å². The number of hydrogen-bond donors (Lipinski definition) is 2. The largest absolute Gasteiger partial charge is 0.334 e. The summed E-state index contributed by atoms with van der Waals surface area (Å²) in [4.78, 5) is 13.8. The standard InChI is InChI=1S/C13H17Cl2N3O.ClH/c14-11-1-2-12(15)10(5-11)7-17-13(19)18-4-3-9(6-16)8-18;/h1-2,5,9H,3-4,6-8,16H2,(H,17,19);1H. The van der Waals surface area contributed by atoms with Crippen molar-refractivity contribution in [1.29, 1.82) is 0 Å². The van der Waals surface area contributed by atoms with Gasteiger partial charge in [0.2, 0.25) is 0 Å². The predicted octanol–water partition coefficient (Wildman–Crippen LogP) is 2.91. The number of nitrogens with zero attached hydrogens (tertiary/aromatic N) is 1. The minimum Gasteiger partial charge on any atom is -0.334 e. The summed E-state index contributed by atoms with van der Waals surface area (Å²) in [6.07, 6.45) is 0.974. The first-order valence-electron chi connectivity index (χ1n) is 6.27. The molecule has 0 radical (unpaired) electrons. The molecule has 2 rings (SSSR count). The van der Waals surface area contributed by atoms with Gasteiger partial charge < -0.3 is 16.0 Å². The molecular formula is C13H18Cl3N3O. The maximum atomic E-state index is 12.0. The molecule has 0 saturated carbocycles. The van der Waals surface area contributed by atoms with E-state index in [0.29, 0.717) is 29.1 Å². The predicted molar refractivity (Wildman–Crippen MR) is 84.7 cm³/mol. The summed E-state index contributed by atoms with van der Waals surface area (Å²) in [5, 5.41) is 4.07. The molecule has 0 aromatic heterocycles. The molecule has 7 heteroatoms. The van der Waals surface area contributed by atoms with Gasteiger partial charge in [-0.1, -0.05) is 23.2 Å².